The zero-order valence-corrected chi connectivity index (χ0v) is 24.2. The molecule has 1 saturated carbocycles. The van der Waals surface area contributed by atoms with E-state index in [0.29, 0.717) is 43.2 Å². The molecule has 0 bridgehead atoms. The molecule has 1 aliphatic carbocycles. The van der Waals surface area contributed by atoms with E-state index < -0.39 is 17.8 Å². The predicted molar refractivity (Wildman–Crippen MR) is 152 cm³/mol. The summed E-state index contributed by atoms with van der Waals surface area (Å²) in [6, 6.07) is 5.54. The number of nitrogens with one attached hydrogen (secondary N) is 2. The molecule has 0 spiro atoms. The summed E-state index contributed by atoms with van der Waals surface area (Å²) < 4.78 is 16.8. The van der Waals surface area contributed by atoms with Crippen molar-refractivity contribution in [1.29, 1.82) is 0 Å². The minimum Gasteiger partial charge on any atom is -0.340 e. The summed E-state index contributed by atoms with van der Waals surface area (Å²) in [6.45, 7) is 9.66. The maximum absolute atomic E-state index is 15.2. The number of rotatable bonds is 9. The first kappa shape index (κ1) is 29.7. The van der Waals surface area contributed by atoms with Crippen LogP contribution in [-0.2, 0) is 16.1 Å². The summed E-state index contributed by atoms with van der Waals surface area (Å²) in [4.78, 5) is 43.4. The largest absolute Gasteiger partial charge is 0.340 e. The number of hydrogen-bond acceptors (Lipinski definition) is 5. The van der Waals surface area contributed by atoms with E-state index >= 15 is 4.39 Å². The summed E-state index contributed by atoms with van der Waals surface area (Å²) in [7, 11) is 2.04. The van der Waals surface area contributed by atoms with Gasteiger partial charge in [0.1, 0.15) is 17.6 Å². The number of carbonyl (C=O) groups is 3. The molecule has 3 amide bonds. The molecule has 2 aromatic rings. The van der Waals surface area contributed by atoms with Crippen LogP contribution in [0.4, 0.5) is 10.1 Å². The minimum absolute atomic E-state index is 0.0407. The normalized spacial score (nSPS) is 21.5. The fourth-order valence-corrected chi connectivity index (χ4v) is 5.72. The van der Waals surface area contributed by atoms with Gasteiger partial charge in [-0.05, 0) is 68.3 Å². The van der Waals surface area contributed by atoms with Crippen LogP contribution in [-0.4, -0.2) is 76.6 Å². The van der Waals surface area contributed by atoms with Gasteiger partial charge >= 0.3 is 0 Å². The van der Waals surface area contributed by atoms with E-state index in [0.717, 1.165) is 38.8 Å². The first-order valence-electron chi connectivity index (χ1n) is 14.6. The Morgan fingerprint density at radius 1 is 1.07 bits per heavy atom. The zero-order valence-electron chi connectivity index (χ0n) is 24.2. The van der Waals surface area contributed by atoms with Crippen LogP contribution in [0.2, 0.25) is 0 Å². The highest BCUT2D eigenvalue weighted by molar-refractivity contribution is 6.00. The van der Waals surface area contributed by atoms with Crippen LogP contribution < -0.4 is 10.6 Å². The van der Waals surface area contributed by atoms with E-state index in [4.69, 9.17) is 0 Å². The van der Waals surface area contributed by atoms with Crippen molar-refractivity contribution < 1.29 is 18.8 Å². The van der Waals surface area contributed by atoms with Gasteiger partial charge in [-0.2, -0.15) is 5.10 Å². The van der Waals surface area contributed by atoms with Crippen molar-refractivity contribution in [3.05, 3.63) is 47.5 Å². The van der Waals surface area contributed by atoms with E-state index in [1.807, 2.05) is 25.8 Å². The fourth-order valence-electron chi connectivity index (χ4n) is 5.72. The van der Waals surface area contributed by atoms with Gasteiger partial charge in [0.2, 0.25) is 11.8 Å². The van der Waals surface area contributed by atoms with Gasteiger partial charge in [0, 0.05) is 45.3 Å². The molecular formula is C30H43FN6O3. The predicted octanol–water partition coefficient (Wildman–Crippen LogP) is 3.87. The van der Waals surface area contributed by atoms with Crippen molar-refractivity contribution >= 4 is 23.4 Å². The number of amides is 3. The Bertz CT molecular complexity index is 1180. The Hall–Kier alpha value is -3.27. The molecule has 10 heteroatoms. The van der Waals surface area contributed by atoms with Gasteiger partial charge in [-0.15, -0.1) is 0 Å². The van der Waals surface area contributed by atoms with Gasteiger partial charge in [0.15, 0.2) is 0 Å². The Balaban J connectivity index is 1.43. The Morgan fingerprint density at radius 3 is 2.42 bits per heavy atom. The second-order valence-corrected chi connectivity index (χ2v) is 11.5. The number of nitrogens with zero attached hydrogens (tertiary/aromatic N) is 4. The van der Waals surface area contributed by atoms with Gasteiger partial charge in [0.25, 0.3) is 5.91 Å². The molecule has 1 saturated heterocycles. The van der Waals surface area contributed by atoms with E-state index in [1.54, 1.807) is 29.1 Å². The summed E-state index contributed by atoms with van der Waals surface area (Å²) >= 11 is 0. The molecule has 218 valence electrons. The quantitative estimate of drug-likeness (QED) is 0.490. The molecule has 2 aliphatic rings. The molecule has 1 aromatic heterocycles. The van der Waals surface area contributed by atoms with E-state index in [2.05, 4.69) is 27.6 Å². The lowest BCUT2D eigenvalue weighted by molar-refractivity contribution is -0.133. The van der Waals surface area contributed by atoms with Crippen molar-refractivity contribution in [2.24, 2.45) is 11.8 Å². The second kappa shape index (κ2) is 13.4. The lowest BCUT2D eigenvalue weighted by Crippen LogP contribution is -2.49. The number of piperazine rings is 1. The van der Waals surface area contributed by atoms with Crippen molar-refractivity contribution in [2.75, 3.05) is 38.5 Å². The number of aromatic nitrogens is 2. The molecule has 2 fully saturated rings. The number of hydrogen-bond donors (Lipinski definition) is 2. The van der Waals surface area contributed by atoms with E-state index in [9.17, 15) is 14.4 Å². The van der Waals surface area contributed by atoms with Crippen LogP contribution in [0.15, 0.2) is 30.5 Å². The number of aryl methyl sites for hydroxylation is 1. The van der Waals surface area contributed by atoms with E-state index in [1.165, 1.54) is 6.07 Å². The van der Waals surface area contributed by atoms with Crippen LogP contribution in [0, 0.1) is 17.7 Å². The standard InChI is InChI=1S/C30H43FN6O3/c1-5-37-26(12-13-32-37)29(39)34-28(22-8-6-20(2)7-9-22)30(40)33-25-11-10-23(19-24(25)31)21(3)18-27(38)36-16-14-35(4)15-17-36/h10-13,19-22,28H,5-9,14-18H2,1-4H3,(H,33,40)(H,34,39)/t20-,21-,22-,28+/m1/s1. The van der Waals surface area contributed by atoms with Gasteiger partial charge < -0.3 is 20.4 Å². The molecule has 1 aromatic carbocycles. The van der Waals surface area contributed by atoms with Crippen molar-refractivity contribution in [2.45, 2.75) is 71.4 Å². The molecule has 9 nitrogen and oxygen atoms in total. The average Bonchev–Trinajstić information content (AvgIpc) is 3.43. The molecule has 2 heterocycles. The average molecular weight is 555 g/mol. The van der Waals surface area contributed by atoms with Gasteiger partial charge in [0.05, 0.1) is 5.69 Å². The fraction of sp³-hybridized carbons (Fsp3) is 0.600. The van der Waals surface area contributed by atoms with Crippen LogP contribution in [0.3, 0.4) is 0 Å². The van der Waals surface area contributed by atoms with Crippen molar-refractivity contribution in [3.8, 4) is 0 Å². The number of anilines is 1. The highest BCUT2D eigenvalue weighted by atomic mass is 19.1. The lowest BCUT2D eigenvalue weighted by atomic mass is 9.79. The Morgan fingerprint density at radius 2 is 1.77 bits per heavy atom. The monoisotopic (exact) mass is 554 g/mol. The summed E-state index contributed by atoms with van der Waals surface area (Å²) in [5.74, 6) is -0.910. The zero-order chi connectivity index (χ0) is 28.8. The Kier molecular flexibility index (Phi) is 9.95. The molecule has 0 unspecified atom stereocenters. The summed E-state index contributed by atoms with van der Waals surface area (Å²) in [5, 5.41) is 9.81. The molecular weight excluding hydrogens is 511 g/mol. The van der Waals surface area contributed by atoms with Crippen LogP contribution in [0.5, 0.6) is 0 Å². The van der Waals surface area contributed by atoms with Gasteiger partial charge in [-0.1, -0.05) is 32.8 Å². The number of carbonyl (C=O) groups excluding carboxylic acids is 3. The SMILES string of the molecule is CCn1nccc1C(=O)N[C@H](C(=O)Nc1ccc([C@H](C)CC(=O)N2CCN(C)CC2)cc1F)[C@H]1CC[C@H](C)CC1. The molecule has 2 N–H and O–H groups in total. The lowest BCUT2D eigenvalue weighted by Gasteiger charge is -2.33. The molecule has 4 rings (SSSR count). The third-order valence-electron chi connectivity index (χ3n) is 8.51. The first-order chi connectivity index (χ1) is 19.2. The highest BCUT2D eigenvalue weighted by Gasteiger charge is 2.33. The Labute approximate surface area is 236 Å². The maximum atomic E-state index is 15.2. The first-order valence-corrected chi connectivity index (χ1v) is 14.6. The van der Waals surface area contributed by atoms with E-state index in [-0.39, 0.29) is 29.3 Å². The minimum atomic E-state index is -0.792. The topological polar surface area (TPSA) is 99.6 Å². The number of benzene rings is 1. The molecule has 40 heavy (non-hydrogen) atoms. The number of halogens is 1. The molecule has 1 aliphatic heterocycles. The summed E-state index contributed by atoms with van der Waals surface area (Å²) in [5.41, 5.74) is 1.16. The van der Waals surface area contributed by atoms with Crippen LogP contribution in [0.1, 0.15) is 74.8 Å². The number of likely N-dealkylation sites (N-methyl/N-ethyl adjacent to an activating group) is 1. The second-order valence-electron chi connectivity index (χ2n) is 11.5. The third-order valence-corrected chi connectivity index (χ3v) is 8.51. The maximum Gasteiger partial charge on any atom is 0.270 e. The van der Waals surface area contributed by atoms with Crippen molar-refractivity contribution in [1.82, 2.24) is 24.9 Å². The highest BCUT2D eigenvalue weighted by Crippen LogP contribution is 2.32. The third kappa shape index (κ3) is 7.27. The molecule has 2 atom stereocenters. The van der Waals surface area contributed by atoms with Crippen molar-refractivity contribution in [3.63, 3.8) is 0 Å². The molecule has 0 radical (unpaired) electrons. The van der Waals surface area contributed by atoms with Gasteiger partial charge in [-0.3, -0.25) is 19.1 Å². The smallest absolute Gasteiger partial charge is 0.270 e. The van der Waals surface area contributed by atoms with Crippen LogP contribution in [0.25, 0.3) is 0 Å². The van der Waals surface area contributed by atoms with Gasteiger partial charge in [-0.25, -0.2) is 4.39 Å². The van der Waals surface area contributed by atoms with Crippen LogP contribution >= 0.6 is 0 Å². The summed E-state index contributed by atoms with van der Waals surface area (Å²) in [6.07, 6.45) is 5.44.